The van der Waals surface area contributed by atoms with Crippen LogP contribution in [0, 0.1) is 6.92 Å². The average molecular weight is 390 g/mol. The number of carbonyl (C=O) groups excluding carboxylic acids is 1. The molecule has 29 heavy (non-hydrogen) atoms. The van der Waals surface area contributed by atoms with Gasteiger partial charge < -0.3 is 14.3 Å². The van der Waals surface area contributed by atoms with Gasteiger partial charge in [0.2, 0.25) is 0 Å². The molecule has 0 radical (unpaired) electrons. The lowest BCUT2D eigenvalue weighted by atomic mass is 10.2. The minimum atomic E-state index is -0.239. The molecule has 146 valence electrons. The highest BCUT2D eigenvalue weighted by molar-refractivity contribution is 5.95. The van der Waals surface area contributed by atoms with E-state index < -0.39 is 0 Å². The van der Waals surface area contributed by atoms with Crippen LogP contribution < -0.4 is 5.32 Å². The molecule has 4 aromatic heterocycles. The summed E-state index contributed by atoms with van der Waals surface area (Å²) in [4.78, 5) is 21.5. The van der Waals surface area contributed by atoms with Crippen LogP contribution in [-0.2, 0) is 6.54 Å². The summed E-state index contributed by atoms with van der Waals surface area (Å²) in [5, 5.41) is 11.3. The Morgan fingerprint density at radius 3 is 3.00 bits per heavy atom. The van der Waals surface area contributed by atoms with Crippen LogP contribution in [0.4, 0.5) is 0 Å². The third-order valence-corrected chi connectivity index (χ3v) is 4.86. The van der Waals surface area contributed by atoms with Crippen molar-refractivity contribution in [1.82, 2.24) is 30.2 Å². The van der Waals surface area contributed by atoms with Crippen molar-refractivity contribution in [2.75, 3.05) is 0 Å². The topological polar surface area (TPSA) is 112 Å². The van der Waals surface area contributed by atoms with Gasteiger partial charge in [-0.15, -0.1) is 0 Å². The van der Waals surface area contributed by atoms with E-state index in [0.29, 0.717) is 46.8 Å². The Kier molecular flexibility index (Phi) is 4.19. The van der Waals surface area contributed by atoms with E-state index in [9.17, 15) is 4.79 Å². The monoisotopic (exact) mass is 390 g/mol. The predicted octanol–water partition coefficient (Wildman–Crippen LogP) is 3.03. The van der Waals surface area contributed by atoms with Gasteiger partial charge in [0.25, 0.3) is 11.8 Å². The van der Waals surface area contributed by atoms with E-state index in [4.69, 9.17) is 8.94 Å². The van der Waals surface area contributed by atoms with E-state index in [0.717, 1.165) is 18.7 Å². The smallest absolute Gasteiger partial charge is 0.261 e. The predicted molar refractivity (Wildman–Crippen MR) is 101 cm³/mol. The highest BCUT2D eigenvalue weighted by atomic mass is 16.5. The van der Waals surface area contributed by atoms with Crippen LogP contribution in [0.2, 0.25) is 0 Å². The SMILES string of the molecule is Cc1c(C(=O)NCc2ccco2)cnn1-c1ncccc1-c1nc(C2CC2)no1. The highest BCUT2D eigenvalue weighted by Crippen LogP contribution is 2.39. The van der Waals surface area contributed by atoms with Gasteiger partial charge in [-0.2, -0.15) is 10.1 Å². The fourth-order valence-electron chi connectivity index (χ4n) is 3.11. The van der Waals surface area contributed by atoms with Crippen LogP contribution in [0.15, 0.2) is 51.9 Å². The van der Waals surface area contributed by atoms with Gasteiger partial charge in [0.1, 0.15) is 5.76 Å². The number of nitrogens with one attached hydrogen (secondary N) is 1. The summed E-state index contributed by atoms with van der Waals surface area (Å²) in [5.41, 5.74) is 1.78. The molecule has 1 fully saturated rings. The molecule has 0 aliphatic heterocycles. The number of pyridine rings is 1. The molecule has 1 N–H and O–H groups in total. The molecule has 9 heteroatoms. The first-order valence-corrected chi connectivity index (χ1v) is 9.35. The molecule has 0 unspecified atom stereocenters. The molecule has 9 nitrogen and oxygen atoms in total. The van der Waals surface area contributed by atoms with Crippen LogP contribution >= 0.6 is 0 Å². The lowest BCUT2D eigenvalue weighted by molar-refractivity contribution is 0.0947. The Morgan fingerprint density at radius 2 is 2.21 bits per heavy atom. The zero-order chi connectivity index (χ0) is 19.8. The first-order valence-electron chi connectivity index (χ1n) is 9.35. The fourth-order valence-corrected chi connectivity index (χ4v) is 3.11. The summed E-state index contributed by atoms with van der Waals surface area (Å²) >= 11 is 0. The van der Waals surface area contributed by atoms with Crippen LogP contribution in [0.25, 0.3) is 17.3 Å². The van der Waals surface area contributed by atoms with Crippen molar-refractivity contribution in [2.45, 2.75) is 32.2 Å². The molecular weight excluding hydrogens is 372 g/mol. The number of carbonyl (C=O) groups is 1. The molecule has 4 heterocycles. The van der Waals surface area contributed by atoms with Gasteiger partial charge in [-0.25, -0.2) is 9.67 Å². The standard InChI is InChI=1S/C20H18N6O3/c1-12-16(19(27)22-10-14-4-3-9-28-14)11-23-26(12)18-15(5-2-8-21-18)20-24-17(25-29-20)13-6-7-13/h2-5,8-9,11,13H,6-7,10H2,1H3,(H,22,27). The molecular formula is C20H18N6O3. The van der Waals surface area contributed by atoms with Gasteiger partial charge in [0.05, 0.1) is 35.8 Å². The van der Waals surface area contributed by atoms with Crippen LogP contribution in [0.3, 0.4) is 0 Å². The number of rotatable bonds is 6. The van der Waals surface area contributed by atoms with E-state index in [1.807, 2.05) is 13.0 Å². The summed E-state index contributed by atoms with van der Waals surface area (Å²) in [6.07, 6.45) is 6.93. The van der Waals surface area contributed by atoms with Crippen molar-refractivity contribution >= 4 is 5.91 Å². The van der Waals surface area contributed by atoms with E-state index in [2.05, 4.69) is 25.5 Å². The quantitative estimate of drug-likeness (QED) is 0.538. The number of nitrogens with zero attached hydrogens (tertiary/aromatic N) is 5. The normalized spacial score (nSPS) is 13.6. The van der Waals surface area contributed by atoms with Crippen LogP contribution in [0.5, 0.6) is 0 Å². The molecule has 0 bridgehead atoms. The minimum Gasteiger partial charge on any atom is -0.467 e. The molecule has 0 atom stereocenters. The molecule has 0 spiro atoms. The van der Waals surface area contributed by atoms with Crippen molar-refractivity contribution in [2.24, 2.45) is 0 Å². The summed E-state index contributed by atoms with van der Waals surface area (Å²) in [6, 6.07) is 7.23. The fraction of sp³-hybridized carbons (Fsp3) is 0.250. The molecule has 0 saturated heterocycles. The highest BCUT2D eigenvalue weighted by Gasteiger charge is 2.29. The number of hydrogen-bond donors (Lipinski definition) is 1. The number of aromatic nitrogens is 5. The van der Waals surface area contributed by atoms with Gasteiger partial charge in [-0.3, -0.25) is 4.79 Å². The zero-order valence-electron chi connectivity index (χ0n) is 15.7. The first kappa shape index (κ1) is 17.4. The lowest BCUT2D eigenvalue weighted by Gasteiger charge is -2.08. The Hall–Kier alpha value is -3.75. The van der Waals surface area contributed by atoms with Crippen molar-refractivity contribution in [3.63, 3.8) is 0 Å². The second-order valence-electron chi connectivity index (χ2n) is 6.92. The van der Waals surface area contributed by atoms with E-state index in [1.54, 1.807) is 35.3 Å². The Morgan fingerprint density at radius 1 is 1.31 bits per heavy atom. The minimum absolute atomic E-state index is 0.239. The number of amides is 1. The van der Waals surface area contributed by atoms with E-state index in [1.165, 1.54) is 6.20 Å². The second kappa shape index (κ2) is 7.01. The number of furan rings is 1. The molecule has 1 aliphatic carbocycles. The maximum Gasteiger partial charge on any atom is 0.261 e. The molecule has 1 aliphatic rings. The van der Waals surface area contributed by atoms with Crippen LogP contribution in [-0.4, -0.2) is 30.8 Å². The van der Waals surface area contributed by atoms with E-state index in [-0.39, 0.29) is 5.91 Å². The maximum atomic E-state index is 12.6. The van der Waals surface area contributed by atoms with E-state index >= 15 is 0 Å². The number of hydrogen-bond acceptors (Lipinski definition) is 7. The summed E-state index contributed by atoms with van der Waals surface area (Å²) < 4.78 is 12.3. The third kappa shape index (κ3) is 3.31. The Bertz CT molecular complexity index is 1160. The Balaban J connectivity index is 1.43. The van der Waals surface area contributed by atoms with Gasteiger partial charge in [0, 0.05) is 12.1 Å². The van der Waals surface area contributed by atoms with Crippen molar-refractivity contribution in [1.29, 1.82) is 0 Å². The summed E-state index contributed by atoms with van der Waals surface area (Å²) in [7, 11) is 0. The largest absolute Gasteiger partial charge is 0.467 e. The van der Waals surface area contributed by atoms with Gasteiger partial charge in [0.15, 0.2) is 11.6 Å². The van der Waals surface area contributed by atoms with Gasteiger partial charge in [-0.1, -0.05) is 5.16 Å². The third-order valence-electron chi connectivity index (χ3n) is 4.86. The molecule has 0 aromatic carbocycles. The van der Waals surface area contributed by atoms with Crippen LogP contribution in [0.1, 0.15) is 46.4 Å². The van der Waals surface area contributed by atoms with Crippen molar-refractivity contribution in [3.05, 3.63) is 65.8 Å². The maximum absolute atomic E-state index is 12.6. The zero-order valence-corrected chi connectivity index (χ0v) is 15.7. The Labute approximate surface area is 165 Å². The van der Waals surface area contributed by atoms with Crippen molar-refractivity contribution in [3.8, 4) is 17.3 Å². The lowest BCUT2D eigenvalue weighted by Crippen LogP contribution is -2.23. The molecule has 1 amide bonds. The second-order valence-corrected chi connectivity index (χ2v) is 6.92. The van der Waals surface area contributed by atoms with Gasteiger partial charge >= 0.3 is 0 Å². The average Bonchev–Trinajstić information content (AvgIpc) is 3.12. The van der Waals surface area contributed by atoms with Crippen molar-refractivity contribution < 1.29 is 13.7 Å². The summed E-state index contributed by atoms with van der Waals surface area (Å²) in [6.45, 7) is 2.12. The van der Waals surface area contributed by atoms with Gasteiger partial charge in [-0.05, 0) is 44.0 Å². The molecule has 1 saturated carbocycles. The molecule has 4 aromatic rings. The molecule has 5 rings (SSSR count). The first-order chi connectivity index (χ1) is 14.2. The summed E-state index contributed by atoms with van der Waals surface area (Å²) in [5.74, 6) is 2.48.